The third-order valence-corrected chi connectivity index (χ3v) is 15.9. The molecule has 0 fully saturated rings. The van der Waals surface area contributed by atoms with Gasteiger partial charge in [0.2, 0.25) is 0 Å². The minimum atomic E-state index is -0.772. The van der Waals surface area contributed by atoms with Gasteiger partial charge in [0.1, 0.15) is 13.2 Å². The number of hydrogen-bond acceptors (Lipinski definition) is 6. The number of esters is 3. The summed E-state index contributed by atoms with van der Waals surface area (Å²) in [6.45, 7) is 6.65. The minimum Gasteiger partial charge on any atom is -0.462 e. The molecule has 0 aromatic heterocycles. The zero-order valence-electron chi connectivity index (χ0n) is 52.3. The number of rotatable bonds is 65. The van der Waals surface area contributed by atoms with E-state index < -0.39 is 6.10 Å². The summed E-state index contributed by atoms with van der Waals surface area (Å²) in [5, 5.41) is 0. The number of unbranched alkanes of at least 4 members (excludes halogenated alkanes) is 50. The van der Waals surface area contributed by atoms with E-state index in [2.05, 4.69) is 45.1 Å². The molecule has 1 atom stereocenters. The second-order valence-electron chi connectivity index (χ2n) is 23.8. The van der Waals surface area contributed by atoms with Crippen molar-refractivity contribution < 1.29 is 28.6 Å². The van der Waals surface area contributed by atoms with E-state index in [9.17, 15) is 14.4 Å². The van der Waals surface area contributed by atoms with Gasteiger partial charge in [0.25, 0.3) is 0 Å². The van der Waals surface area contributed by atoms with Crippen LogP contribution in [0.5, 0.6) is 0 Å². The molecule has 0 heterocycles. The molecule has 0 rings (SSSR count). The molecule has 6 nitrogen and oxygen atoms in total. The van der Waals surface area contributed by atoms with Crippen molar-refractivity contribution in [2.24, 2.45) is 0 Å². The molecule has 0 saturated heterocycles. The first-order valence-corrected chi connectivity index (χ1v) is 34.8. The average molecular weight is 1080 g/mol. The molecule has 0 aromatic carbocycles. The summed E-state index contributed by atoms with van der Waals surface area (Å²) < 4.78 is 16.9. The molecule has 0 saturated carbocycles. The molecule has 0 amide bonds. The predicted octanol–water partition coefficient (Wildman–Crippen LogP) is 23.8. The lowest BCUT2D eigenvalue weighted by atomic mass is 10.0. The second-order valence-corrected chi connectivity index (χ2v) is 23.8. The molecule has 0 aliphatic carbocycles. The van der Waals surface area contributed by atoms with Gasteiger partial charge in [-0.1, -0.05) is 334 Å². The van der Waals surface area contributed by atoms with E-state index >= 15 is 0 Å². The molecule has 0 aromatic rings. The highest BCUT2D eigenvalue weighted by Gasteiger charge is 2.19. The van der Waals surface area contributed by atoms with Gasteiger partial charge in [-0.25, -0.2) is 0 Å². The van der Waals surface area contributed by atoms with Gasteiger partial charge >= 0.3 is 17.9 Å². The Bertz CT molecular complexity index is 1240. The number of carbonyl (C=O) groups is 3. The lowest BCUT2D eigenvalue weighted by Gasteiger charge is -2.18. The van der Waals surface area contributed by atoms with Gasteiger partial charge in [-0.2, -0.15) is 0 Å². The maximum atomic E-state index is 12.9. The molecule has 77 heavy (non-hydrogen) atoms. The van der Waals surface area contributed by atoms with Crippen molar-refractivity contribution in [3.63, 3.8) is 0 Å². The Morgan fingerprint density at radius 3 is 0.701 bits per heavy atom. The molecule has 0 spiro atoms. The van der Waals surface area contributed by atoms with Crippen molar-refractivity contribution in [2.75, 3.05) is 13.2 Å². The fraction of sp³-hybridized carbons (Fsp3) is 0.901. The Morgan fingerprint density at radius 1 is 0.247 bits per heavy atom. The number of ether oxygens (including phenoxy) is 3. The number of hydrogen-bond donors (Lipinski definition) is 0. The number of allylic oxidation sites excluding steroid dienone is 4. The molecule has 0 bridgehead atoms. The van der Waals surface area contributed by atoms with E-state index in [-0.39, 0.29) is 31.1 Å². The fourth-order valence-electron chi connectivity index (χ4n) is 10.7. The van der Waals surface area contributed by atoms with E-state index in [4.69, 9.17) is 14.2 Å². The summed E-state index contributed by atoms with van der Waals surface area (Å²) in [4.78, 5) is 38.3. The van der Waals surface area contributed by atoms with Crippen LogP contribution in [0.15, 0.2) is 24.3 Å². The summed E-state index contributed by atoms with van der Waals surface area (Å²) in [6.07, 6.45) is 80.8. The van der Waals surface area contributed by atoms with Crippen LogP contribution < -0.4 is 0 Å². The van der Waals surface area contributed by atoms with Crippen LogP contribution in [0.4, 0.5) is 0 Å². The maximum absolute atomic E-state index is 12.9. The molecular formula is C71H134O6. The summed E-state index contributed by atoms with van der Waals surface area (Å²) in [7, 11) is 0. The summed E-state index contributed by atoms with van der Waals surface area (Å²) in [6, 6.07) is 0. The van der Waals surface area contributed by atoms with Gasteiger partial charge in [0.05, 0.1) is 0 Å². The Balaban J connectivity index is 4.13. The van der Waals surface area contributed by atoms with Crippen LogP contribution >= 0.6 is 0 Å². The predicted molar refractivity (Wildman–Crippen MR) is 335 cm³/mol. The summed E-state index contributed by atoms with van der Waals surface area (Å²) >= 11 is 0. The van der Waals surface area contributed by atoms with Crippen molar-refractivity contribution in [2.45, 2.75) is 399 Å². The van der Waals surface area contributed by atoms with Gasteiger partial charge in [-0.15, -0.1) is 0 Å². The highest BCUT2D eigenvalue weighted by Crippen LogP contribution is 2.19. The Morgan fingerprint density at radius 2 is 0.455 bits per heavy atom. The standard InChI is InChI=1S/C71H134O6/c1-4-7-10-13-16-19-22-24-26-28-30-32-34-35-36-38-39-41-43-45-47-49-52-55-58-61-64-70(73)76-67-68(66-75-69(72)63-60-57-54-51-21-18-15-12-9-6-3)77-71(74)65-62-59-56-53-50-48-46-44-42-40-37-33-31-29-27-25-23-20-17-14-11-8-5-2/h12,15,29,31,68H,4-11,13-14,16-28,30,32-67H2,1-3H3/b15-12-,31-29-. The second kappa shape index (κ2) is 66.4. The van der Waals surface area contributed by atoms with E-state index in [1.54, 1.807) is 0 Å². The smallest absolute Gasteiger partial charge is 0.306 e. The highest BCUT2D eigenvalue weighted by atomic mass is 16.6. The molecular weight excluding hydrogens is 949 g/mol. The van der Waals surface area contributed by atoms with Crippen molar-refractivity contribution >= 4 is 17.9 Å². The van der Waals surface area contributed by atoms with E-state index in [0.717, 1.165) is 70.6 Å². The van der Waals surface area contributed by atoms with Crippen molar-refractivity contribution in [3.8, 4) is 0 Å². The van der Waals surface area contributed by atoms with Gasteiger partial charge < -0.3 is 14.2 Å². The van der Waals surface area contributed by atoms with Crippen LogP contribution in [0.3, 0.4) is 0 Å². The first-order chi connectivity index (χ1) is 38.0. The van der Waals surface area contributed by atoms with Gasteiger partial charge in [-0.05, 0) is 64.2 Å². The van der Waals surface area contributed by atoms with E-state index in [1.807, 2.05) is 0 Å². The molecule has 0 N–H and O–H groups in total. The third kappa shape index (κ3) is 64.6. The van der Waals surface area contributed by atoms with Gasteiger partial charge in [-0.3, -0.25) is 14.4 Å². The molecule has 1 unspecified atom stereocenters. The maximum Gasteiger partial charge on any atom is 0.306 e. The largest absolute Gasteiger partial charge is 0.462 e. The first kappa shape index (κ1) is 74.9. The average Bonchev–Trinajstić information content (AvgIpc) is 3.43. The Hall–Kier alpha value is -2.11. The third-order valence-electron chi connectivity index (χ3n) is 15.9. The fourth-order valence-corrected chi connectivity index (χ4v) is 10.7. The van der Waals surface area contributed by atoms with Crippen LogP contribution in [0.25, 0.3) is 0 Å². The lowest BCUT2D eigenvalue weighted by molar-refractivity contribution is -0.167. The lowest BCUT2D eigenvalue weighted by Crippen LogP contribution is -2.30. The molecule has 0 aliphatic rings. The monoisotopic (exact) mass is 1080 g/mol. The van der Waals surface area contributed by atoms with Crippen LogP contribution in [0, 0.1) is 0 Å². The first-order valence-electron chi connectivity index (χ1n) is 34.8. The zero-order valence-corrected chi connectivity index (χ0v) is 52.3. The molecule has 6 heteroatoms. The van der Waals surface area contributed by atoms with Crippen molar-refractivity contribution in [3.05, 3.63) is 24.3 Å². The number of carbonyl (C=O) groups excluding carboxylic acids is 3. The zero-order chi connectivity index (χ0) is 55.7. The van der Waals surface area contributed by atoms with Gasteiger partial charge in [0, 0.05) is 19.3 Å². The van der Waals surface area contributed by atoms with Crippen LogP contribution in [0.2, 0.25) is 0 Å². The topological polar surface area (TPSA) is 78.9 Å². The Labute approximate surface area is 481 Å². The normalized spacial score (nSPS) is 12.1. The highest BCUT2D eigenvalue weighted by molar-refractivity contribution is 5.71. The van der Waals surface area contributed by atoms with E-state index in [0.29, 0.717) is 19.3 Å². The van der Waals surface area contributed by atoms with Crippen LogP contribution in [-0.2, 0) is 28.6 Å². The van der Waals surface area contributed by atoms with Crippen LogP contribution in [-0.4, -0.2) is 37.2 Å². The van der Waals surface area contributed by atoms with E-state index in [1.165, 1.54) is 283 Å². The van der Waals surface area contributed by atoms with Crippen molar-refractivity contribution in [1.82, 2.24) is 0 Å². The molecule has 0 aliphatic heterocycles. The summed E-state index contributed by atoms with van der Waals surface area (Å²) in [5.74, 6) is -0.853. The Kier molecular flexibility index (Phi) is 64.6. The molecule has 454 valence electrons. The quantitative estimate of drug-likeness (QED) is 0.0261. The van der Waals surface area contributed by atoms with Crippen LogP contribution in [0.1, 0.15) is 393 Å². The minimum absolute atomic E-state index is 0.0690. The summed E-state index contributed by atoms with van der Waals surface area (Å²) in [5.41, 5.74) is 0. The van der Waals surface area contributed by atoms with Crippen molar-refractivity contribution in [1.29, 1.82) is 0 Å². The van der Waals surface area contributed by atoms with Gasteiger partial charge in [0.15, 0.2) is 6.10 Å². The molecule has 0 radical (unpaired) electrons. The SMILES string of the molecule is CCC/C=C\CCCCCCCC(=O)OCC(COC(=O)CCCCCCCCCCCCCCCCCCCCCCCCCCCC)OC(=O)CCCCCCCCCCCCC/C=C\CCCCCCCCCC.